The van der Waals surface area contributed by atoms with Crippen molar-refractivity contribution in [1.29, 1.82) is 0 Å². The molecule has 1 N–H and O–H groups in total. The number of Topliss-reactive ketones (excluding diaryl/α,β-unsaturated/α-hetero) is 1. The van der Waals surface area contributed by atoms with Crippen LogP contribution < -0.4 is 5.32 Å². The van der Waals surface area contributed by atoms with Gasteiger partial charge in [0.15, 0.2) is 0 Å². The number of nitrogens with zero attached hydrogens (tertiary/aromatic N) is 3. The van der Waals surface area contributed by atoms with E-state index < -0.39 is 29.3 Å². The Hall–Kier alpha value is -3.95. The lowest BCUT2D eigenvalue weighted by Crippen LogP contribution is -2.39. The number of benzene rings is 2. The van der Waals surface area contributed by atoms with E-state index in [9.17, 15) is 27.6 Å². The summed E-state index contributed by atoms with van der Waals surface area (Å²) in [6.45, 7) is 6.34. The van der Waals surface area contributed by atoms with Crippen molar-refractivity contribution in [2.75, 3.05) is 18.9 Å². The summed E-state index contributed by atoms with van der Waals surface area (Å²) in [5.41, 5.74) is 2.04. The number of aromatic nitrogens is 2. The minimum absolute atomic E-state index is 0.0193. The summed E-state index contributed by atoms with van der Waals surface area (Å²) in [6, 6.07) is 10.1. The van der Waals surface area contributed by atoms with Gasteiger partial charge in [0, 0.05) is 12.7 Å². The molecule has 1 heterocycles. The highest BCUT2D eigenvalue weighted by Gasteiger charge is 2.32. The standard InChI is InChI=1S/C25H25F3N4O3/c1-14-9-10-15(2)20(11-14)29-21(33)13-31(5)24(35)23(34)22-16(3)30-32(17(22)4)19-8-6-7-18(12-19)25(26,27)28/h6-12H,13H2,1-5H3,(H,29,33). The Morgan fingerprint density at radius 1 is 1.03 bits per heavy atom. The van der Waals surface area contributed by atoms with Crippen molar-refractivity contribution in [1.82, 2.24) is 14.7 Å². The van der Waals surface area contributed by atoms with E-state index >= 15 is 0 Å². The molecule has 3 rings (SSSR count). The van der Waals surface area contributed by atoms with Gasteiger partial charge in [0.1, 0.15) is 0 Å². The Bertz CT molecular complexity index is 1310. The smallest absolute Gasteiger partial charge is 0.330 e. The number of aryl methyl sites for hydroxylation is 3. The Balaban J connectivity index is 1.79. The van der Waals surface area contributed by atoms with Gasteiger partial charge in [-0.1, -0.05) is 18.2 Å². The van der Waals surface area contributed by atoms with Crippen LogP contribution in [0.5, 0.6) is 0 Å². The lowest BCUT2D eigenvalue weighted by atomic mass is 10.1. The van der Waals surface area contributed by atoms with E-state index in [4.69, 9.17) is 0 Å². The van der Waals surface area contributed by atoms with Crippen LogP contribution in [0.1, 0.15) is 38.4 Å². The van der Waals surface area contributed by atoms with Crippen LogP contribution in [0.2, 0.25) is 0 Å². The Morgan fingerprint density at radius 2 is 1.71 bits per heavy atom. The zero-order valence-electron chi connectivity index (χ0n) is 19.9. The molecule has 0 aliphatic heterocycles. The third-order valence-corrected chi connectivity index (χ3v) is 5.53. The Labute approximate surface area is 200 Å². The van der Waals surface area contributed by atoms with Crippen LogP contribution in [0.3, 0.4) is 0 Å². The molecule has 3 aromatic rings. The fraction of sp³-hybridized carbons (Fsp3) is 0.280. The lowest BCUT2D eigenvalue weighted by Gasteiger charge is -2.17. The molecule has 0 atom stereocenters. The largest absolute Gasteiger partial charge is 0.416 e. The molecule has 0 aliphatic rings. The minimum Gasteiger partial charge on any atom is -0.330 e. The molecule has 0 unspecified atom stereocenters. The number of rotatable bonds is 6. The number of amides is 2. The van der Waals surface area contributed by atoms with Crippen molar-refractivity contribution in [2.45, 2.75) is 33.9 Å². The fourth-order valence-electron chi connectivity index (χ4n) is 3.66. The van der Waals surface area contributed by atoms with Gasteiger partial charge in [-0.3, -0.25) is 14.4 Å². The van der Waals surface area contributed by atoms with Crippen molar-refractivity contribution in [3.8, 4) is 5.69 Å². The predicted octanol–water partition coefficient (Wildman–Crippen LogP) is 4.40. The molecular formula is C25H25F3N4O3. The highest BCUT2D eigenvalue weighted by molar-refractivity contribution is 6.43. The molecular weight excluding hydrogens is 461 g/mol. The van der Waals surface area contributed by atoms with Crippen LogP contribution in [0, 0.1) is 27.7 Å². The van der Waals surface area contributed by atoms with Crippen molar-refractivity contribution < 1.29 is 27.6 Å². The van der Waals surface area contributed by atoms with Crippen LogP contribution in [0.15, 0.2) is 42.5 Å². The van der Waals surface area contributed by atoms with E-state index in [2.05, 4.69) is 10.4 Å². The van der Waals surface area contributed by atoms with Crippen LogP contribution >= 0.6 is 0 Å². The number of nitrogens with one attached hydrogen (secondary N) is 1. The van der Waals surface area contributed by atoms with E-state index in [0.29, 0.717) is 5.69 Å². The average Bonchev–Trinajstić information content (AvgIpc) is 3.08. The summed E-state index contributed by atoms with van der Waals surface area (Å²) in [6.07, 6.45) is -4.54. The molecule has 0 saturated carbocycles. The zero-order chi connectivity index (χ0) is 26.1. The second-order valence-corrected chi connectivity index (χ2v) is 8.36. The molecule has 2 aromatic carbocycles. The number of carbonyl (C=O) groups is 3. The van der Waals surface area contributed by atoms with Gasteiger partial charge in [-0.05, 0) is 63.1 Å². The van der Waals surface area contributed by atoms with Gasteiger partial charge in [0.2, 0.25) is 5.91 Å². The molecule has 2 amide bonds. The summed E-state index contributed by atoms with van der Waals surface area (Å²) in [7, 11) is 1.32. The molecule has 0 bridgehead atoms. The van der Waals surface area contributed by atoms with E-state index in [0.717, 1.165) is 28.2 Å². The van der Waals surface area contributed by atoms with Crippen LogP contribution in [-0.2, 0) is 15.8 Å². The number of carbonyl (C=O) groups excluding carboxylic acids is 3. The normalized spacial score (nSPS) is 11.3. The predicted molar refractivity (Wildman–Crippen MR) is 125 cm³/mol. The van der Waals surface area contributed by atoms with Crippen molar-refractivity contribution >= 4 is 23.3 Å². The lowest BCUT2D eigenvalue weighted by molar-refractivity contribution is -0.137. The first-order valence-electron chi connectivity index (χ1n) is 10.7. The maximum atomic E-state index is 13.1. The minimum atomic E-state index is -4.54. The highest BCUT2D eigenvalue weighted by atomic mass is 19.4. The van der Waals surface area contributed by atoms with E-state index in [-0.39, 0.29) is 29.2 Å². The molecule has 0 radical (unpaired) electrons. The number of alkyl halides is 3. The second-order valence-electron chi connectivity index (χ2n) is 8.36. The van der Waals surface area contributed by atoms with Crippen molar-refractivity contribution in [3.63, 3.8) is 0 Å². The highest BCUT2D eigenvalue weighted by Crippen LogP contribution is 2.31. The van der Waals surface area contributed by atoms with Crippen molar-refractivity contribution in [3.05, 3.63) is 76.1 Å². The third-order valence-electron chi connectivity index (χ3n) is 5.53. The quantitative estimate of drug-likeness (QED) is 0.413. The van der Waals surface area contributed by atoms with Gasteiger partial charge in [-0.25, -0.2) is 4.68 Å². The van der Waals surface area contributed by atoms with E-state index in [1.165, 1.54) is 37.7 Å². The van der Waals surface area contributed by atoms with Gasteiger partial charge < -0.3 is 10.2 Å². The molecule has 0 fully saturated rings. The van der Waals surface area contributed by atoms with E-state index in [1.807, 2.05) is 26.0 Å². The Kier molecular flexibility index (Phi) is 7.14. The first-order chi connectivity index (χ1) is 16.3. The van der Waals surface area contributed by atoms with Crippen LogP contribution in [-0.4, -0.2) is 45.9 Å². The van der Waals surface area contributed by atoms with Gasteiger partial charge in [-0.2, -0.15) is 18.3 Å². The third kappa shape index (κ3) is 5.59. The van der Waals surface area contributed by atoms with Crippen molar-refractivity contribution in [2.24, 2.45) is 0 Å². The second kappa shape index (κ2) is 9.73. The zero-order valence-corrected chi connectivity index (χ0v) is 19.9. The molecule has 35 heavy (non-hydrogen) atoms. The Morgan fingerprint density at radius 3 is 2.37 bits per heavy atom. The van der Waals surface area contributed by atoms with Gasteiger partial charge in [0.25, 0.3) is 11.7 Å². The molecule has 1 aromatic heterocycles. The first kappa shape index (κ1) is 25.7. The molecule has 0 aliphatic carbocycles. The number of hydrogen-bond donors (Lipinski definition) is 1. The summed E-state index contributed by atoms with van der Waals surface area (Å²) < 4.78 is 40.5. The molecule has 10 heteroatoms. The summed E-state index contributed by atoms with van der Waals surface area (Å²) in [4.78, 5) is 39.2. The van der Waals surface area contributed by atoms with Crippen LogP contribution in [0.4, 0.5) is 18.9 Å². The summed E-state index contributed by atoms with van der Waals surface area (Å²) >= 11 is 0. The van der Waals surface area contributed by atoms with Gasteiger partial charge in [-0.15, -0.1) is 0 Å². The molecule has 184 valence electrons. The number of anilines is 1. The first-order valence-corrected chi connectivity index (χ1v) is 10.7. The molecule has 0 spiro atoms. The SMILES string of the molecule is Cc1ccc(C)c(NC(=O)CN(C)C(=O)C(=O)c2c(C)nn(-c3cccc(C(F)(F)F)c3)c2C)c1. The topological polar surface area (TPSA) is 84.3 Å². The number of halogens is 3. The number of hydrogen-bond acceptors (Lipinski definition) is 4. The monoisotopic (exact) mass is 486 g/mol. The fourth-order valence-corrected chi connectivity index (χ4v) is 3.66. The maximum absolute atomic E-state index is 13.1. The van der Waals surface area contributed by atoms with Gasteiger partial charge in [0.05, 0.1) is 34.7 Å². The summed E-state index contributed by atoms with van der Waals surface area (Å²) in [5.74, 6) is -2.31. The van der Waals surface area contributed by atoms with E-state index in [1.54, 1.807) is 6.07 Å². The summed E-state index contributed by atoms with van der Waals surface area (Å²) in [5, 5.41) is 6.91. The number of ketones is 1. The maximum Gasteiger partial charge on any atom is 0.416 e. The van der Waals surface area contributed by atoms with Gasteiger partial charge >= 0.3 is 6.18 Å². The number of likely N-dealkylation sites (N-methyl/N-ethyl adjacent to an activating group) is 1. The molecule has 0 saturated heterocycles. The van der Waals surface area contributed by atoms with Crippen LogP contribution in [0.25, 0.3) is 5.69 Å². The molecule has 7 nitrogen and oxygen atoms in total. The average molecular weight is 486 g/mol.